The van der Waals surface area contributed by atoms with E-state index in [0.717, 1.165) is 0 Å². The number of ketones is 1. The van der Waals surface area contributed by atoms with Crippen LogP contribution in [0, 0.1) is 0 Å². The molecule has 7 nitrogen and oxygen atoms in total. The second-order valence-electron chi connectivity index (χ2n) is 5.70. The highest BCUT2D eigenvalue weighted by Crippen LogP contribution is 2.10. The van der Waals surface area contributed by atoms with E-state index in [-0.39, 0.29) is 5.78 Å². The Kier molecular flexibility index (Phi) is 6.43. The lowest BCUT2D eigenvalue weighted by molar-refractivity contribution is 0.0592. The zero-order chi connectivity index (χ0) is 20.0. The van der Waals surface area contributed by atoms with Crippen LogP contribution in [0.2, 0.25) is 0 Å². The van der Waals surface area contributed by atoms with Crippen LogP contribution < -0.4 is 5.32 Å². The molecule has 27 heavy (non-hydrogen) atoms. The van der Waals surface area contributed by atoms with E-state index in [0.29, 0.717) is 22.3 Å². The van der Waals surface area contributed by atoms with E-state index in [4.69, 9.17) is 0 Å². The Morgan fingerprint density at radius 2 is 1.07 bits per heavy atom. The molecule has 1 N–H and O–H groups in total. The average molecular weight is 369 g/mol. The van der Waals surface area contributed by atoms with Gasteiger partial charge >= 0.3 is 11.9 Å². The predicted molar refractivity (Wildman–Crippen MR) is 96.8 cm³/mol. The zero-order valence-corrected chi connectivity index (χ0v) is 15.1. The van der Waals surface area contributed by atoms with E-state index < -0.39 is 23.9 Å². The van der Waals surface area contributed by atoms with Crippen molar-refractivity contribution in [1.82, 2.24) is 5.32 Å². The van der Waals surface area contributed by atoms with Crippen molar-refractivity contribution >= 4 is 23.6 Å². The lowest BCUT2D eigenvalue weighted by atomic mass is 10.0. The maximum absolute atomic E-state index is 12.5. The lowest BCUT2D eigenvalue weighted by Crippen LogP contribution is -2.38. The van der Waals surface area contributed by atoms with E-state index >= 15 is 0 Å². The van der Waals surface area contributed by atoms with Gasteiger partial charge in [-0.1, -0.05) is 12.1 Å². The minimum absolute atomic E-state index is 0.300. The summed E-state index contributed by atoms with van der Waals surface area (Å²) in [6.07, 6.45) is 0. The largest absolute Gasteiger partial charge is 0.465 e. The monoisotopic (exact) mass is 369 g/mol. The molecule has 2 rings (SSSR count). The number of hydrogen-bond acceptors (Lipinski definition) is 6. The highest BCUT2D eigenvalue weighted by atomic mass is 16.5. The van der Waals surface area contributed by atoms with Gasteiger partial charge in [0.2, 0.25) is 0 Å². The van der Waals surface area contributed by atoms with Crippen molar-refractivity contribution in [2.24, 2.45) is 0 Å². The van der Waals surface area contributed by atoms with Crippen molar-refractivity contribution in [2.45, 2.75) is 13.0 Å². The molecule has 7 heteroatoms. The van der Waals surface area contributed by atoms with Gasteiger partial charge in [-0.2, -0.15) is 0 Å². The molecule has 0 spiro atoms. The topological polar surface area (TPSA) is 98.8 Å². The number of Topliss-reactive ketones (excluding diaryl/α,β-unsaturated/α-hetero) is 1. The van der Waals surface area contributed by atoms with E-state index in [1.807, 2.05) is 0 Å². The fraction of sp³-hybridized carbons (Fsp3) is 0.200. The number of benzene rings is 2. The molecular weight excluding hydrogens is 350 g/mol. The second kappa shape index (κ2) is 8.75. The molecule has 0 saturated heterocycles. The molecule has 0 aliphatic heterocycles. The van der Waals surface area contributed by atoms with E-state index in [2.05, 4.69) is 14.8 Å². The van der Waals surface area contributed by atoms with E-state index in [1.165, 1.54) is 62.8 Å². The lowest BCUT2D eigenvalue weighted by Gasteiger charge is -2.13. The van der Waals surface area contributed by atoms with Gasteiger partial charge in [0.05, 0.1) is 31.4 Å². The smallest absolute Gasteiger partial charge is 0.337 e. The van der Waals surface area contributed by atoms with Crippen LogP contribution in [0.15, 0.2) is 48.5 Å². The molecule has 0 aliphatic rings. The summed E-state index contributed by atoms with van der Waals surface area (Å²) in [4.78, 5) is 47.6. The van der Waals surface area contributed by atoms with Gasteiger partial charge in [0.25, 0.3) is 5.91 Å². The first kappa shape index (κ1) is 19.8. The Morgan fingerprint density at radius 3 is 1.48 bits per heavy atom. The van der Waals surface area contributed by atoms with Crippen LogP contribution in [0.4, 0.5) is 0 Å². The molecule has 1 unspecified atom stereocenters. The minimum atomic E-state index is -0.776. The van der Waals surface area contributed by atoms with E-state index in [1.54, 1.807) is 6.92 Å². The standard InChI is InChI=1S/C20H19NO6/c1-12(17(22)13-4-8-15(9-5-13)19(24)26-2)21-18(23)14-6-10-16(11-7-14)20(25)27-3/h4-12H,1-3H3,(H,21,23). The van der Waals surface area contributed by atoms with Gasteiger partial charge < -0.3 is 14.8 Å². The zero-order valence-electron chi connectivity index (χ0n) is 15.1. The third-order valence-electron chi connectivity index (χ3n) is 3.90. The minimum Gasteiger partial charge on any atom is -0.465 e. The Morgan fingerprint density at radius 1 is 0.704 bits per heavy atom. The number of hydrogen-bond donors (Lipinski definition) is 1. The third kappa shape index (κ3) is 4.78. The van der Waals surface area contributed by atoms with Crippen LogP contribution >= 0.6 is 0 Å². The van der Waals surface area contributed by atoms with Crippen LogP contribution in [-0.2, 0) is 9.47 Å². The summed E-state index contributed by atoms with van der Waals surface area (Å²) >= 11 is 0. The summed E-state index contributed by atoms with van der Waals surface area (Å²) in [6, 6.07) is 11.1. The van der Waals surface area contributed by atoms with Crippen LogP contribution in [0.5, 0.6) is 0 Å². The van der Waals surface area contributed by atoms with Gasteiger partial charge in [-0.3, -0.25) is 9.59 Å². The Balaban J connectivity index is 2.04. The summed E-state index contributed by atoms with van der Waals surface area (Å²) in [5.41, 5.74) is 1.32. The van der Waals surface area contributed by atoms with Crippen molar-refractivity contribution in [3.8, 4) is 0 Å². The highest BCUT2D eigenvalue weighted by Gasteiger charge is 2.19. The predicted octanol–water partition coefficient (Wildman–Crippen LogP) is 2.26. The van der Waals surface area contributed by atoms with Crippen molar-refractivity contribution in [3.63, 3.8) is 0 Å². The number of carbonyl (C=O) groups is 4. The Hall–Kier alpha value is -3.48. The number of amides is 1. The normalized spacial score (nSPS) is 11.2. The molecule has 0 aromatic heterocycles. The summed E-state index contributed by atoms with van der Waals surface area (Å²) in [5.74, 6) is -1.74. The van der Waals surface area contributed by atoms with Crippen LogP contribution in [0.3, 0.4) is 0 Å². The quantitative estimate of drug-likeness (QED) is 0.619. The molecule has 2 aromatic carbocycles. The van der Waals surface area contributed by atoms with Gasteiger partial charge in [-0.15, -0.1) is 0 Å². The molecular formula is C20H19NO6. The van der Waals surface area contributed by atoms with Gasteiger partial charge in [0.15, 0.2) is 5.78 Å². The SMILES string of the molecule is COC(=O)c1ccc(C(=O)NC(C)C(=O)c2ccc(C(=O)OC)cc2)cc1. The Labute approximate surface area is 156 Å². The maximum atomic E-state index is 12.5. The molecule has 0 saturated carbocycles. The molecule has 140 valence electrons. The molecule has 1 atom stereocenters. The van der Waals surface area contributed by atoms with Crippen LogP contribution in [0.25, 0.3) is 0 Å². The first-order valence-electron chi connectivity index (χ1n) is 8.09. The highest BCUT2D eigenvalue weighted by molar-refractivity contribution is 6.04. The third-order valence-corrected chi connectivity index (χ3v) is 3.90. The van der Waals surface area contributed by atoms with Gasteiger partial charge in [-0.05, 0) is 43.3 Å². The van der Waals surface area contributed by atoms with Crippen molar-refractivity contribution in [2.75, 3.05) is 14.2 Å². The molecule has 0 bridgehead atoms. The van der Waals surface area contributed by atoms with Crippen LogP contribution in [0.1, 0.15) is 48.4 Å². The number of rotatable bonds is 6. The maximum Gasteiger partial charge on any atom is 0.337 e. The van der Waals surface area contributed by atoms with Crippen molar-refractivity contribution in [1.29, 1.82) is 0 Å². The number of methoxy groups -OCH3 is 2. The summed E-state index contributed by atoms with van der Waals surface area (Å²) in [7, 11) is 2.55. The number of ether oxygens (including phenoxy) is 2. The van der Waals surface area contributed by atoms with Crippen molar-refractivity contribution < 1.29 is 28.7 Å². The molecule has 2 aromatic rings. The molecule has 0 aliphatic carbocycles. The van der Waals surface area contributed by atoms with Gasteiger partial charge in [-0.25, -0.2) is 9.59 Å². The second-order valence-corrected chi connectivity index (χ2v) is 5.70. The first-order valence-corrected chi connectivity index (χ1v) is 8.09. The summed E-state index contributed by atoms with van der Waals surface area (Å²) < 4.78 is 9.21. The molecule has 0 radical (unpaired) electrons. The number of carbonyl (C=O) groups excluding carboxylic acids is 4. The Bertz CT molecular complexity index is 855. The van der Waals surface area contributed by atoms with Gasteiger partial charge in [0, 0.05) is 11.1 Å². The summed E-state index contributed by atoms with van der Waals surface area (Å²) in [6.45, 7) is 1.57. The molecule has 1 amide bonds. The number of esters is 2. The fourth-order valence-electron chi connectivity index (χ4n) is 2.36. The summed E-state index contributed by atoms with van der Waals surface area (Å²) in [5, 5.41) is 2.61. The molecule has 0 fully saturated rings. The number of nitrogens with one attached hydrogen (secondary N) is 1. The molecule has 0 heterocycles. The van der Waals surface area contributed by atoms with Gasteiger partial charge in [0.1, 0.15) is 0 Å². The first-order chi connectivity index (χ1) is 12.9. The van der Waals surface area contributed by atoms with Crippen LogP contribution in [-0.4, -0.2) is 43.9 Å². The van der Waals surface area contributed by atoms with Crippen molar-refractivity contribution in [3.05, 3.63) is 70.8 Å². The fourth-order valence-corrected chi connectivity index (χ4v) is 2.36. The van der Waals surface area contributed by atoms with E-state index in [9.17, 15) is 19.2 Å². The average Bonchev–Trinajstić information content (AvgIpc) is 2.72.